The van der Waals surface area contributed by atoms with Crippen molar-refractivity contribution in [2.24, 2.45) is 0 Å². The van der Waals surface area contributed by atoms with Crippen LogP contribution in [0.1, 0.15) is 38.3 Å². The molecule has 0 fully saturated rings. The first kappa shape index (κ1) is 17.8. The van der Waals surface area contributed by atoms with E-state index in [9.17, 15) is 4.79 Å². The maximum atomic E-state index is 11.3. The molecule has 0 aliphatic heterocycles. The molecule has 0 aromatic heterocycles. The molecule has 0 aliphatic rings. The van der Waals surface area contributed by atoms with E-state index in [0.717, 1.165) is 21.8 Å². The van der Waals surface area contributed by atoms with Crippen LogP contribution in [-0.4, -0.2) is 19.7 Å². The van der Waals surface area contributed by atoms with Crippen molar-refractivity contribution in [1.29, 1.82) is 0 Å². The molecule has 0 radical (unpaired) electrons. The number of carbonyl (C=O) groups is 1. The first-order valence-electron chi connectivity index (χ1n) is 6.60. The summed E-state index contributed by atoms with van der Waals surface area (Å²) in [4.78, 5) is 12.1. The van der Waals surface area contributed by atoms with Gasteiger partial charge in [0.05, 0.1) is 13.7 Å². The van der Waals surface area contributed by atoms with E-state index in [2.05, 4.69) is 12.6 Å². The molecule has 0 saturated heterocycles. The van der Waals surface area contributed by atoms with Gasteiger partial charge in [-0.2, -0.15) is 0 Å². The number of hydrogen-bond donors (Lipinski definition) is 1. The Hall–Kier alpha value is -1.16. The van der Waals surface area contributed by atoms with Crippen LogP contribution in [0.3, 0.4) is 0 Å². The minimum absolute atomic E-state index is 0.166. The molecule has 0 spiro atoms. The Balaban J connectivity index is 0.00000154. The summed E-state index contributed by atoms with van der Waals surface area (Å²) in [6, 6.07) is 3.87. The summed E-state index contributed by atoms with van der Waals surface area (Å²) in [6.07, 6.45) is 1.05. The van der Waals surface area contributed by atoms with Gasteiger partial charge in [-0.1, -0.05) is 13.8 Å². The van der Waals surface area contributed by atoms with Crippen LogP contribution in [0.4, 0.5) is 0 Å². The quantitative estimate of drug-likeness (QED) is 0.659. The van der Waals surface area contributed by atoms with Crippen molar-refractivity contribution in [3.8, 4) is 5.75 Å². The third kappa shape index (κ3) is 6.01. The molecule has 19 heavy (non-hydrogen) atoms. The van der Waals surface area contributed by atoms with Gasteiger partial charge >= 0.3 is 5.97 Å². The second-order valence-corrected chi connectivity index (χ2v) is 4.24. The van der Waals surface area contributed by atoms with Crippen LogP contribution in [0.5, 0.6) is 5.75 Å². The lowest BCUT2D eigenvalue weighted by Crippen LogP contribution is -2.06. The molecule has 1 aromatic carbocycles. The maximum absolute atomic E-state index is 11.3. The van der Waals surface area contributed by atoms with Crippen LogP contribution in [0.2, 0.25) is 0 Å². The smallest absolute Gasteiger partial charge is 0.306 e. The highest BCUT2D eigenvalue weighted by atomic mass is 32.1. The van der Waals surface area contributed by atoms with Crippen molar-refractivity contribution in [3.63, 3.8) is 0 Å². The molecule has 0 bridgehead atoms. The predicted molar refractivity (Wildman–Crippen MR) is 81.3 cm³/mol. The molecule has 1 rings (SSSR count). The summed E-state index contributed by atoms with van der Waals surface area (Å²) in [6.45, 7) is 8.23. The number of esters is 1. The van der Waals surface area contributed by atoms with Gasteiger partial charge in [0.1, 0.15) is 5.75 Å². The lowest BCUT2D eigenvalue weighted by atomic mass is 10.0. The normalized spacial score (nSPS) is 9.37. The van der Waals surface area contributed by atoms with E-state index >= 15 is 0 Å². The molecule has 108 valence electrons. The zero-order chi connectivity index (χ0) is 14.8. The van der Waals surface area contributed by atoms with E-state index < -0.39 is 0 Å². The summed E-state index contributed by atoms with van der Waals surface area (Å²) in [5.74, 6) is 0.568. The molecule has 0 atom stereocenters. The van der Waals surface area contributed by atoms with Crippen LogP contribution in [-0.2, 0) is 16.0 Å². The fourth-order valence-electron chi connectivity index (χ4n) is 1.62. The third-order valence-corrected chi connectivity index (χ3v) is 2.89. The summed E-state index contributed by atoms with van der Waals surface area (Å²) in [5, 5.41) is 0. The van der Waals surface area contributed by atoms with Crippen LogP contribution < -0.4 is 4.74 Å². The SMILES string of the molecule is CC.CCOC(=O)CCc1cc(OC)c(S)cc1C. The number of hydrogen-bond acceptors (Lipinski definition) is 4. The topological polar surface area (TPSA) is 35.5 Å². The molecule has 3 nitrogen and oxygen atoms in total. The van der Waals surface area contributed by atoms with Crippen molar-refractivity contribution in [3.05, 3.63) is 23.3 Å². The maximum Gasteiger partial charge on any atom is 0.306 e. The Morgan fingerprint density at radius 1 is 1.32 bits per heavy atom. The predicted octanol–water partition coefficient (Wildman–Crippen LogP) is 3.81. The van der Waals surface area contributed by atoms with Gasteiger partial charge in [0.2, 0.25) is 0 Å². The first-order valence-corrected chi connectivity index (χ1v) is 7.05. The number of benzene rings is 1. The highest BCUT2D eigenvalue weighted by Crippen LogP contribution is 2.27. The number of rotatable bonds is 5. The lowest BCUT2D eigenvalue weighted by Gasteiger charge is -2.10. The highest BCUT2D eigenvalue weighted by Gasteiger charge is 2.08. The number of carbonyl (C=O) groups excluding carboxylic acids is 1. The van der Waals surface area contributed by atoms with E-state index in [1.165, 1.54) is 0 Å². The summed E-state index contributed by atoms with van der Waals surface area (Å²) in [5.41, 5.74) is 2.20. The van der Waals surface area contributed by atoms with Gasteiger partial charge < -0.3 is 9.47 Å². The van der Waals surface area contributed by atoms with Crippen LogP contribution in [0.25, 0.3) is 0 Å². The fraction of sp³-hybridized carbons (Fsp3) is 0.533. The second kappa shape index (κ2) is 9.73. The van der Waals surface area contributed by atoms with Gasteiger partial charge in [0.15, 0.2) is 0 Å². The summed E-state index contributed by atoms with van der Waals surface area (Å²) >= 11 is 4.32. The second-order valence-electron chi connectivity index (χ2n) is 3.76. The molecule has 0 saturated carbocycles. The summed E-state index contributed by atoms with van der Waals surface area (Å²) in [7, 11) is 1.61. The standard InChI is InChI=1S/C13H18O3S.C2H6/c1-4-16-13(14)6-5-10-8-11(15-3)12(17)7-9(10)2;1-2/h7-8,17H,4-6H2,1-3H3;1-2H3. The largest absolute Gasteiger partial charge is 0.496 e. The number of ether oxygens (including phenoxy) is 2. The Labute approximate surface area is 121 Å². The molecular weight excluding hydrogens is 260 g/mol. The Bertz CT molecular complexity index is 403. The molecule has 0 aliphatic carbocycles. The average Bonchev–Trinajstić information content (AvgIpc) is 2.40. The van der Waals surface area contributed by atoms with Crippen molar-refractivity contribution in [2.45, 2.75) is 45.4 Å². The average molecular weight is 284 g/mol. The highest BCUT2D eigenvalue weighted by molar-refractivity contribution is 7.80. The zero-order valence-electron chi connectivity index (χ0n) is 12.4. The molecular formula is C15H24O3S. The van der Waals surface area contributed by atoms with Gasteiger partial charge in [-0.3, -0.25) is 4.79 Å². The summed E-state index contributed by atoms with van der Waals surface area (Å²) < 4.78 is 10.1. The zero-order valence-corrected chi connectivity index (χ0v) is 13.3. The van der Waals surface area contributed by atoms with Crippen molar-refractivity contribution in [2.75, 3.05) is 13.7 Å². The van der Waals surface area contributed by atoms with Crippen molar-refractivity contribution in [1.82, 2.24) is 0 Å². The minimum Gasteiger partial charge on any atom is -0.496 e. The molecule has 0 N–H and O–H groups in total. The third-order valence-electron chi connectivity index (χ3n) is 2.54. The van der Waals surface area contributed by atoms with E-state index in [4.69, 9.17) is 9.47 Å². The number of methoxy groups -OCH3 is 1. The van der Waals surface area contributed by atoms with E-state index in [0.29, 0.717) is 19.4 Å². The van der Waals surface area contributed by atoms with Gasteiger partial charge in [-0.25, -0.2) is 0 Å². The monoisotopic (exact) mass is 284 g/mol. The van der Waals surface area contributed by atoms with Crippen LogP contribution in [0.15, 0.2) is 17.0 Å². The van der Waals surface area contributed by atoms with Gasteiger partial charge in [-0.05, 0) is 43.5 Å². The molecule has 1 aromatic rings. The Kier molecular flexibility index (Phi) is 9.13. The van der Waals surface area contributed by atoms with E-state index in [1.807, 2.05) is 39.8 Å². The van der Waals surface area contributed by atoms with E-state index in [-0.39, 0.29) is 5.97 Å². The van der Waals surface area contributed by atoms with Crippen LogP contribution in [0, 0.1) is 6.92 Å². The van der Waals surface area contributed by atoms with Gasteiger partial charge in [0, 0.05) is 11.3 Å². The van der Waals surface area contributed by atoms with Gasteiger partial charge in [0.25, 0.3) is 0 Å². The molecule has 0 amide bonds. The van der Waals surface area contributed by atoms with Crippen molar-refractivity contribution >= 4 is 18.6 Å². The molecule has 4 heteroatoms. The van der Waals surface area contributed by atoms with Crippen molar-refractivity contribution < 1.29 is 14.3 Å². The molecule has 0 unspecified atom stereocenters. The van der Waals surface area contributed by atoms with E-state index in [1.54, 1.807) is 7.11 Å². The Morgan fingerprint density at radius 2 is 1.95 bits per heavy atom. The minimum atomic E-state index is -0.166. The number of aryl methyl sites for hydroxylation is 2. The lowest BCUT2D eigenvalue weighted by molar-refractivity contribution is -0.143. The first-order chi connectivity index (χ1) is 9.08. The Morgan fingerprint density at radius 3 is 2.47 bits per heavy atom. The van der Waals surface area contributed by atoms with Crippen LogP contribution >= 0.6 is 12.6 Å². The number of thiol groups is 1. The molecule has 0 heterocycles. The van der Waals surface area contributed by atoms with Gasteiger partial charge in [-0.15, -0.1) is 12.6 Å². The fourth-order valence-corrected chi connectivity index (χ4v) is 1.97.